The fraction of sp³-hybridized carbons (Fsp3) is 0.769. The molecular weight excluding hydrogens is 246 g/mol. The van der Waals surface area contributed by atoms with E-state index in [1.54, 1.807) is 12.2 Å². The van der Waals surface area contributed by atoms with Gasteiger partial charge in [-0.15, -0.1) is 0 Å². The van der Waals surface area contributed by atoms with Gasteiger partial charge in [0.25, 0.3) is 0 Å². The zero-order valence-electron chi connectivity index (χ0n) is 11.5. The summed E-state index contributed by atoms with van der Waals surface area (Å²) in [6.45, 7) is 6.86. The minimum Gasteiger partial charge on any atom is -0.222 e. The molecule has 0 heterocycles. The highest BCUT2D eigenvalue weighted by molar-refractivity contribution is 5.34. The molecule has 1 aliphatic rings. The van der Waals surface area contributed by atoms with Gasteiger partial charge in [-0.25, -0.2) is 29.8 Å². The van der Waals surface area contributed by atoms with E-state index in [-0.39, 0.29) is 16.9 Å². The van der Waals surface area contributed by atoms with E-state index in [1.807, 2.05) is 0 Å². The van der Waals surface area contributed by atoms with Crippen LogP contribution in [0.4, 0.5) is 0 Å². The van der Waals surface area contributed by atoms with E-state index < -0.39 is 0 Å². The van der Waals surface area contributed by atoms with Crippen LogP contribution < -0.4 is 0 Å². The SMILES string of the molecule is CC1(C)CC(N=C=O)CC(C)(CN=C=O)C1.N=C=O. The third-order valence-electron chi connectivity index (χ3n) is 3.18. The lowest BCUT2D eigenvalue weighted by Crippen LogP contribution is -2.39. The Morgan fingerprint density at radius 2 is 1.74 bits per heavy atom. The molecule has 0 aliphatic heterocycles. The van der Waals surface area contributed by atoms with Gasteiger partial charge in [0.1, 0.15) is 0 Å². The molecule has 0 amide bonds. The molecule has 104 valence electrons. The Bertz CT molecular complexity index is 428. The van der Waals surface area contributed by atoms with Crippen LogP contribution in [-0.2, 0) is 14.4 Å². The lowest BCUT2D eigenvalue weighted by Gasteiger charge is -2.44. The maximum Gasteiger partial charge on any atom is 0.235 e. The molecule has 0 aromatic rings. The van der Waals surface area contributed by atoms with E-state index in [9.17, 15) is 9.59 Å². The summed E-state index contributed by atoms with van der Waals surface area (Å²) in [6.07, 6.45) is 6.63. The minimum absolute atomic E-state index is 0.00750. The second-order valence-corrected chi connectivity index (χ2v) is 5.94. The first-order valence-electron chi connectivity index (χ1n) is 5.97. The lowest BCUT2D eigenvalue weighted by atomic mass is 9.63. The monoisotopic (exact) mass is 265 g/mol. The summed E-state index contributed by atoms with van der Waals surface area (Å²) < 4.78 is 0. The highest BCUT2D eigenvalue weighted by Gasteiger charge is 2.41. The molecule has 0 aromatic heterocycles. The molecule has 0 radical (unpaired) electrons. The van der Waals surface area contributed by atoms with E-state index in [4.69, 9.17) is 10.2 Å². The fourth-order valence-corrected chi connectivity index (χ4v) is 3.09. The molecule has 0 aromatic carbocycles. The van der Waals surface area contributed by atoms with Crippen LogP contribution in [-0.4, -0.2) is 30.8 Å². The quantitative estimate of drug-likeness (QED) is 0.625. The van der Waals surface area contributed by atoms with Crippen LogP contribution in [0.25, 0.3) is 0 Å². The Labute approximate surface area is 112 Å². The molecular formula is C13H19N3O3. The lowest BCUT2D eigenvalue weighted by molar-refractivity contribution is 0.0915. The van der Waals surface area contributed by atoms with Crippen LogP contribution in [0.5, 0.6) is 0 Å². The molecule has 2 unspecified atom stereocenters. The molecule has 2 atom stereocenters. The van der Waals surface area contributed by atoms with Crippen LogP contribution in [0.15, 0.2) is 9.98 Å². The van der Waals surface area contributed by atoms with Crippen molar-refractivity contribution in [2.75, 3.05) is 6.54 Å². The number of carbonyl (C=O) groups excluding carboxylic acids is 3. The molecule has 1 fully saturated rings. The summed E-state index contributed by atoms with van der Waals surface area (Å²) in [5.41, 5.74) is 0.0561. The molecule has 6 heteroatoms. The maximum absolute atomic E-state index is 10.3. The molecule has 0 spiro atoms. The first kappa shape index (κ1) is 17.1. The van der Waals surface area contributed by atoms with Crippen LogP contribution in [0.3, 0.4) is 0 Å². The van der Waals surface area contributed by atoms with E-state index in [1.165, 1.54) is 0 Å². The third-order valence-corrected chi connectivity index (χ3v) is 3.18. The topological polar surface area (TPSA) is 99.8 Å². The predicted molar refractivity (Wildman–Crippen MR) is 69.1 cm³/mol. The van der Waals surface area contributed by atoms with Crippen LogP contribution in [0.2, 0.25) is 0 Å². The third kappa shape index (κ3) is 6.58. The summed E-state index contributed by atoms with van der Waals surface area (Å²) in [6, 6.07) is 0.00750. The van der Waals surface area contributed by atoms with Gasteiger partial charge in [-0.1, -0.05) is 20.8 Å². The van der Waals surface area contributed by atoms with E-state index in [0.717, 1.165) is 25.3 Å². The van der Waals surface area contributed by atoms with Gasteiger partial charge in [-0.05, 0) is 30.1 Å². The van der Waals surface area contributed by atoms with Gasteiger partial charge in [0, 0.05) is 0 Å². The van der Waals surface area contributed by atoms with Crippen molar-refractivity contribution in [1.82, 2.24) is 0 Å². The van der Waals surface area contributed by atoms with E-state index in [0.29, 0.717) is 6.54 Å². The molecule has 19 heavy (non-hydrogen) atoms. The molecule has 1 rings (SSSR count). The van der Waals surface area contributed by atoms with Crippen molar-refractivity contribution < 1.29 is 14.4 Å². The van der Waals surface area contributed by atoms with E-state index >= 15 is 0 Å². The van der Waals surface area contributed by atoms with Gasteiger partial charge in [0.2, 0.25) is 18.2 Å². The number of aliphatic imine (C=N–C) groups is 2. The maximum atomic E-state index is 10.3. The normalized spacial score (nSPS) is 27.6. The number of nitrogens with zero attached hydrogens (tertiary/aromatic N) is 2. The first-order valence-corrected chi connectivity index (χ1v) is 5.97. The molecule has 1 saturated carbocycles. The largest absolute Gasteiger partial charge is 0.235 e. The Morgan fingerprint density at radius 3 is 2.21 bits per heavy atom. The number of hydrogen-bond acceptors (Lipinski definition) is 6. The average molecular weight is 265 g/mol. The fourth-order valence-electron chi connectivity index (χ4n) is 3.09. The van der Waals surface area contributed by atoms with Crippen LogP contribution in [0, 0.1) is 16.2 Å². The summed E-state index contributed by atoms with van der Waals surface area (Å²) in [4.78, 5) is 36.4. The van der Waals surface area contributed by atoms with Crippen LogP contribution in [0.1, 0.15) is 40.0 Å². The Balaban J connectivity index is 0.000000982. The number of hydrogen-bond donors (Lipinski definition) is 1. The van der Waals surface area contributed by atoms with Crippen molar-refractivity contribution in [2.45, 2.75) is 46.1 Å². The predicted octanol–water partition coefficient (Wildman–Crippen LogP) is 2.14. The van der Waals surface area contributed by atoms with Gasteiger partial charge in [-0.2, -0.15) is 0 Å². The van der Waals surface area contributed by atoms with Gasteiger partial charge in [-0.3, -0.25) is 0 Å². The Kier molecular flexibility index (Phi) is 6.81. The van der Waals surface area contributed by atoms with Gasteiger partial charge in [0.05, 0.1) is 12.6 Å². The Morgan fingerprint density at radius 1 is 1.16 bits per heavy atom. The van der Waals surface area contributed by atoms with Crippen molar-refractivity contribution in [3.8, 4) is 0 Å². The number of nitrogens with one attached hydrogen (secondary N) is 1. The summed E-state index contributed by atoms with van der Waals surface area (Å²) >= 11 is 0. The van der Waals surface area contributed by atoms with E-state index in [2.05, 4.69) is 30.8 Å². The summed E-state index contributed by atoms with van der Waals surface area (Å²) in [5.74, 6) is 0. The minimum atomic E-state index is -0.0653. The van der Waals surface area contributed by atoms with Gasteiger partial charge < -0.3 is 0 Å². The average Bonchev–Trinajstić information content (AvgIpc) is 2.25. The van der Waals surface area contributed by atoms with Crippen LogP contribution >= 0.6 is 0 Å². The zero-order chi connectivity index (χ0) is 14.9. The van der Waals surface area contributed by atoms with Crippen molar-refractivity contribution in [3.63, 3.8) is 0 Å². The smallest absolute Gasteiger partial charge is 0.222 e. The summed E-state index contributed by atoms with van der Waals surface area (Å²) in [5, 5.41) is 5.40. The highest BCUT2D eigenvalue weighted by Crippen LogP contribution is 2.47. The Hall–Kier alpha value is -1.86. The van der Waals surface area contributed by atoms with Crippen molar-refractivity contribution >= 4 is 18.2 Å². The number of rotatable bonds is 3. The molecule has 0 bridgehead atoms. The van der Waals surface area contributed by atoms with Crippen molar-refractivity contribution in [2.24, 2.45) is 20.8 Å². The number of isocyanates is 3. The highest BCUT2D eigenvalue weighted by atomic mass is 16.1. The second kappa shape index (κ2) is 7.55. The second-order valence-electron chi connectivity index (χ2n) is 5.94. The molecule has 0 saturated heterocycles. The zero-order valence-corrected chi connectivity index (χ0v) is 11.5. The summed E-state index contributed by atoms with van der Waals surface area (Å²) in [7, 11) is 0. The van der Waals surface area contributed by atoms with Gasteiger partial charge >= 0.3 is 0 Å². The standard InChI is InChI=1S/C12H18N2O2.CHNO/c1-11(2)4-10(14-9-16)5-12(3,6-11)7-13-8-15;2-1-3/h10H,4-7H2,1-3H3;2H. The first-order chi connectivity index (χ1) is 8.82. The van der Waals surface area contributed by atoms with Crippen molar-refractivity contribution in [3.05, 3.63) is 0 Å². The molecule has 6 nitrogen and oxygen atoms in total. The van der Waals surface area contributed by atoms with Gasteiger partial charge in [0.15, 0.2) is 0 Å². The molecule has 1 aliphatic carbocycles. The van der Waals surface area contributed by atoms with Crippen molar-refractivity contribution in [1.29, 1.82) is 5.41 Å². The molecule has 1 N–H and O–H groups in total.